The van der Waals surface area contributed by atoms with Crippen molar-refractivity contribution in [3.63, 3.8) is 0 Å². The van der Waals surface area contributed by atoms with Crippen molar-refractivity contribution >= 4 is 11.7 Å². The van der Waals surface area contributed by atoms with E-state index >= 15 is 0 Å². The predicted molar refractivity (Wildman–Crippen MR) is 187 cm³/mol. The molecule has 0 bridgehead atoms. The molecule has 8 nitrogen and oxygen atoms in total. The van der Waals surface area contributed by atoms with E-state index in [0.29, 0.717) is 24.9 Å². The van der Waals surface area contributed by atoms with Gasteiger partial charge >= 0.3 is 6.03 Å². The Morgan fingerprint density at radius 3 is 2.22 bits per heavy atom. The summed E-state index contributed by atoms with van der Waals surface area (Å²) in [5.74, 6) is 1.48. The Morgan fingerprint density at radius 2 is 1.50 bits per heavy atom. The number of carbonyl (C=O) groups excluding carboxylic acids is 1. The Bertz CT molecular complexity index is 1230. The SMILES string of the molecule is CCCCCCCCNC(=O)N1CCC(Nc2ccc(CCNC[C@H](O)COc3ccc(OCc4ccccc4)cc3)cc2)CC1. The first-order valence-electron chi connectivity index (χ1n) is 17.3. The summed E-state index contributed by atoms with van der Waals surface area (Å²) in [6.45, 7) is 6.57. The lowest BCUT2D eigenvalue weighted by molar-refractivity contribution is 0.106. The first-order valence-corrected chi connectivity index (χ1v) is 17.3. The summed E-state index contributed by atoms with van der Waals surface area (Å²) in [5.41, 5.74) is 3.48. The van der Waals surface area contributed by atoms with Crippen LogP contribution in [0.4, 0.5) is 10.5 Å². The van der Waals surface area contributed by atoms with Gasteiger partial charge in [0.2, 0.25) is 0 Å². The van der Waals surface area contributed by atoms with E-state index in [2.05, 4.69) is 47.1 Å². The van der Waals surface area contributed by atoms with Gasteiger partial charge in [-0.25, -0.2) is 4.79 Å². The van der Waals surface area contributed by atoms with Crippen LogP contribution in [-0.4, -0.2) is 67.5 Å². The molecule has 0 aliphatic carbocycles. The molecule has 1 saturated heterocycles. The number of nitrogens with one attached hydrogen (secondary N) is 3. The highest BCUT2D eigenvalue weighted by atomic mass is 16.5. The van der Waals surface area contributed by atoms with Gasteiger partial charge in [-0.1, -0.05) is 81.5 Å². The maximum atomic E-state index is 12.5. The Morgan fingerprint density at radius 1 is 0.826 bits per heavy atom. The van der Waals surface area contributed by atoms with E-state index in [1.165, 1.54) is 37.7 Å². The van der Waals surface area contributed by atoms with Crippen LogP contribution in [0.2, 0.25) is 0 Å². The van der Waals surface area contributed by atoms with Crippen molar-refractivity contribution in [2.45, 2.75) is 83.5 Å². The molecule has 0 aromatic heterocycles. The van der Waals surface area contributed by atoms with Crippen LogP contribution in [0, 0.1) is 0 Å². The van der Waals surface area contributed by atoms with E-state index in [-0.39, 0.29) is 12.6 Å². The lowest BCUT2D eigenvalue weighted by Gasteiger charge is -2.33. The quantitative estimate of drug-likeness (QED) is 0.103. The van der Waals surface area contributed by atoms with Gasteiger partial charge in [-0.15, -0.1) is 0 Å². The van der Waals surface area contributed by atoms with Gasteiger partial charge in [0.1, 0.15) is 30.8 Å². The molecule has 8 heteroatoms. The molecule has 1 aliphatic rings. The highest BCUT2D eigenvalue weighted by Gasteiger charge is 2.22. The second-order valence-corrected chi connectivity index (χ2v) is 12.3. The van der Waals surface area contributed by atoms with Gasteiger partial charge < -0.3 is 35.4 Å². The smallest absolute Gasteiger partial charge is 0.317 e. The molecule has 2 amide bonds. The zero-order valence-corrected chi connectivity index (χ0v) is 27.6. The fraction of sp³-hybridized carbons (Fsp3) is 0.500. The monoisotopic (exact) mass is 630 g/mol. The van der Waals surface area contributed by atoms with E-state index in [0.717, 1.165) is 68.9 Å². The van der Waals surface area contributed by atoms with E-state index < -0.39 is 6.10 Å². The summed E-state index contributed by atoms with van der Waals surface area (Å²) < 4.78 is 11.6. The topological polar surface area (TPSA) is 95.1 Å². The Balaban J connectivity index is 1.02. The second-order valence-electron chi connectivity index (χ2n) is 12.3. The second kappa shape index (κ2) is 20.4. The normalized spacial score (nSPS) is 14.1. The number of carbonyl (C=O) groups is 1. The number of aliphatic hydroxyl groups excluding tert-OH is 1. The molecule has 0 radical (unpaired) electrons. The molecule has 1 atom stereocenters. The van der Waals surface area contributed by atoms with Crippen LogP contribution in [-0.2, 0) is 13.0 Å². The van der Waals surface area contributed by atoms with Crippen molar-refractivity contribution in [3.8, 4) is 11.5 Å². The van der Waals surface area contributed by atoms with Gasteiger partial charge in [-0.05, 0) is 79.8 Å². The van der Waals surface area contributed by atoms with Crippen molar-refractivity contribution in [2.75, 3.05) is 44.6 Å². The van der Waals surface area contributed by atoms with Gasteiger partial charge in [0.15, 0.2) is 0 Å². The minimum Gasteiger partial charge on any atom is -0.491 e. The molecular weight excluding hydrogens is 576 g/mol. The van der Waals surface area contributed by atoms with Gasteiger partial charge in [-0.2, -0.15) is 0 Å². The highest BCUT2D eigenvalue weighted by molar-refractivity contribution is 5.74. The van der Waals surface area contributed by atoms with Crippen LogP contribution in [0.1, 0.15) is 69.4 Å². The number of hydrogen-bond donors (Lipinski definition) is 4. The van der Waals surface area contributed by atoms with Crippen LogP contribution in [0.15, 0.2) is 78.9 Å². The van der Waals surface area contributed by atoms with Crippen LogP contribution in [0.5, 0.6) is 11.5 Å². The van der Waals surface area contributed by atoms with Crippen molar-refractivity contribution in [1.82, 2.24) is 15.5 Å². The number of nitrogens with zero attached hydrogens (tertiary/aromatic N) is 1. The molecule has 3 aromatic carbocycles. The van der Waals surface area contributed by atoms with E-state index in [1.54, 1.807) is 0 Å². The molecule has 1 aliphatic heterocycles. The molecule has 1 heterocycles. The lowest BCUT2D eigenvalue weighted by Crippen LogP contribution is -2.47. The molecule has 0 spiro atoms. The summed E-state index contributed by atoms with van der Waals surface area (Å²) in [6.07, 6.45) is 9.60. The number of likely N-dealkylation sites (tertiary alicyclic amines) is 1. The highest BCUT2D eigenvalue weighted by Crippen LogP contribution is 2.20. The molecule has 0 unspecified atom stereocenters. The Kier molecular flexibility index (Phi) is 15.6. The van der Waals surface area contributed by atoms with Crippen molar-refractivity contribution in [2.24, 2.45) is 0 Å². The maximum absolute atomic E-state index is 12.5. The number of piperidine rings is 1. The number of hydrogen-bond acceptors (Lipinski definition) is 6. The van der Waals surface area contributed by atoms with Crippen LogP contribution < -0.4 is 25.4 Å². The third kappa shape index (κ3) is 13.3. The fourth-order valence-corrected chi connectivity index (χ4v) is 5.57. The van der Waals surface area contributed by atoms with Gasteiger partial charge in [0, 0.05) is 37.9 Å². The average molecular weight is 631 g/mol. The lowest BCUT2D eigenvalue weighted by atomic mass is 10.0. The van der Waals surface area contributed by atoms with Gasteiger partial charge in [-0.3, -0.25) is 0 Å². The predicted octanol–water partition coefficient (Wildman–Crippen LogP) is 6.78. The number of rotatable bonds is 20. The number of benzene rings is 3. The minimum atomic E-state index is -0.599. The van der Waals surface area contributed by atoms with Crippen molar-refractivity contribution in [3.05, 3.63) is 90.0 Å². The minimum absolute atomic E-state index is 0.0839. The fourth-order valence-electron chi connectivity index (χ4n) is 5.57. The third-order valence-corrected chi connectivity index (χ3v) is 8.40. The molecule has 250 valence electrons. The average Bonchev–Trinajstić information content (AvgIpc) is 3.10. The molecule has 4 rings (SSSR count). The summed E-state index contributed by atoms with van der Waals surface area (Å²) in [7, 11) is 0. The third-order valence-electron chi connectivity index (χ3n) is 8.40. The molecular formula is C38H54N4O4. The van der Waals surface area contributed by atoms with Crippen molar-refractivity contribution in [1.29, 1.82) is 0 Å². The van der Waals surface area contributed by atoms with E-state index in [9.17, 15) is 9.90 Å². The maximum Gasteiger partial charge on any atom is 0.317 e. The summed E-state index contributed by atoms with van der Waals surface area (Å²) in [6, 6.07) is 26.6. The number of amides is 2. The van der Waals surface area contributed by atoms with Crippen LogP contribution >= 0.6 is 0 Å². The van der Waals surface area contributed by atoms with Crippen molar-refractivity contribution < 1.29 is 19.4 Å². The summed E-state index contributed by atoms with van der Waals surface area (Å²) in [4.78, 5) is 14.5. The number of ether oxygens (including phenoxy) is 2. The Labute approximate surface area is 275 Å². The van der Waals surface area contributed by atoms with Crippen LogP contribution in [0.25, 0.3) is 0 Å². The zero-order chi connectivity index (χ0) is 32.2. The largest absolute Gasteiger partial charge is 0.491 e. The van der Waals surface area contributed by atoms with E-state index in [1.807, 2.05) is 59.5 Å². The number of aliphatic hydroxyl groups is 1. The Hall–Kier alpha value is -3.75. The van der Waals surface area contributed by atoms with E-state index in [4.69, 9.17) is 9.47 Å². The molecule has 3 aromatic rings. The molecule has 4 N–H and O–H groups in total. The number of unbranched alkanes of at least 4 members (excludes halogenated alkanes) is 5. The molecule has 46 heavy (non-hydrogen) atoms. The standard InChI is InChI=1S/C38H54N4O4/c1-2-3-4-5-6-10-24-40-38(44)42-26-22-34(23-27-42)41-33-15-13-31(14-16-33)21-25-39-28-35(43)30-46-37-19-17-36(18-20-37)45-29-32-11-8-7-9-12-32/h7-9,11-20,34-35,39,41,43H,2-6,10,21-30H2,1H3,(H,40,44)/t35-/m0/s1. The number of anilines is 1. The summed E-state index contributed by atoms with van der Waals surface area (Å²) >= 11 is 0. The summed E-state index contributed by atoms with van der Waals surface area (Å²) in [5, 5.41) is 20.4. The first kappa shape index (κ1) is 35.1. The van der Waals surface area contributed by atoms with Gasteiger partial charge in [0.25, 0.3) is 0 Å². The molecule has 1 fully saturated rings. The number of urea groups is 1. The van der Waals surface area contributed by atoms with Gasteiger partial charge in [0.05, 0.1) is 0 Å². The zero-order valence-electron chi connectivity index (χ0n) is 27.6. The first-order chi connectivity index (χ1) is 22.6. The van der Waals surface area contributed by atoms with Crippen LogP contribution in [0.3, 0.4) is 0 Å². The molecule has 0 saturated carbocycles.